The Bertz CT molecular complexity index is 144. The second-order valence-corrected chi connectivity index (χ2v) is 2.00. The zero-order chi connectivity index (χ0) is 8.15. The van der Waals surface area contributed by atoms with Crippen LogP contribution in [0.25, 0.3) is 0 Å². The molecule has 0 aromatic carbocycles. The van der Waals surface area contributed by atoms with E-state index in [0.717, 1.165) is 0 Å². The van der Waals surface area contributed by atoms with Crippen molar-refractivity contribution >= 4 is 11.9 Å². The van der Waals surface area contributed by atoms with Crippen LogP contribution in [0.15, 0.2) is 0 Å². The van der Waals surface area contributed by atoms with Crippen LogP contribution < -0.4 is 5.32 Å². The Morgan fingerprint density at radius 2 is 2.10 bits per heavy atom. The van der Waals surface area contributed by atoms with Crippen molar-refractivity contribution < 1.29 is 14.7 Å². The number of nitrogens with one attached hydrogen (secondary N) is 1. The maximum absolute atomic E-state index is 10.3. The van der Waals surface area contributed by atoms with Crippen molar-refractivity contribution in [1.29, 1.82) is 0 Å². The molecule has 0 aliphatic heterocycles. The standard InChI is InChI=1S/C6H11NO3/c1-3-5(6(9)10)7-4(2)8/h5H,3H2,1-2H3,(H,7,8)(H,9,10)/t5-/m1/s1. The van der Waals surface area contributed by atoms with Crippen LogP contribution in [0, 0.1) is 0 Å². The summed E-state index contributed by atoms with van der Waals surface area (Å²) in [6.07, 6.45) is 0.412. The second kappa shape index (κ2) is 3.87. The lowest BCUT2D eigenvalue weighted by Gasteiger charge is -2.08. The topological polar surface area (TPSA) is 66.4 Å². The summed E-state index contributed by atoms with van der Waals surface area (Å²) in [6, 6.07) is -0.738. The Morgan fingerprint density at radius 3 is 2.20 bits per heavy atom. The predicted octanol–water partition coefficient (Wildman–Crippen LogP) is -0.0143. The van der Waals surface area contributed by atoms with Crippen LogP contribution in [0.5, 0.6) is 0 Å². The van der Waals surface area contributed by atoms with Gasteiger partial charge in [-0.3, -0.25) is 4.79 Å². The largest absolute Gasteiger partial charge is 0.480 e. The molecule has 0 aromatic rings. The molecule has 1 amide bonds. The van der Waals surface area contributed by atoms with Gasteiger partial charge in [-0.25, -0.2) is 4.79 Å². The van der Waals surface area contributed by atoms with E-state index in [9.17, 15) is 9.59 Å². The molecule has 2 N–H and O–H groups in total. The number of aliphatic carboxylic acids is 1. The summed E-state index contributed by atoms with van der Waals surface area (Å²) >= 11 is 0. The summed E-state index contributed by atoms with van der Waals surface area (Å²) < 4.78 is 0. The number of carbonyl (C=O) groups excluding carboxylic acids is 1. The van der Waals surface area contributed by atoms with Gasteiger partial charge in [0, 0.05) is 6.92 Å². The van der Waals surface area contributed by atoms with Crippen molar-refractivity contribution in [1.82, 2.24) is 5.32 Å². The minimum absolute atomic E-state index is 0.311. The molecule has 4 heteroatoms. The van der Waals surface area contributed by atoms with Crippen molar-refractivity contribution in [3.8, 4) is 0 Å². The summed E-state index contributed by atoms with van der Waals surface area (Å²) in [7, 11) is 0. The van der Waals surface area contributed by atoms with Gasteiger partial charge in [0.25, 0.3) is 0 Å². The van der Waals surface area contributed by atoms with E-state index >= 15 is 0 Å². The lowest BCUT2D eigenvalue weighted by Crippen LogP contribution is -2.38. The maximum Gasteiger partial charge on any atom is 0.326 e. The van der Waals surface area contributed by atoms with Crippen molar-refractivity contribution in [2.45, 2.75) is 26.3 Å². The molecule has 58 valence electrons. The number of carboxylic acids is 1. The first-order valence-electron chi connectivity index (χ1n) is 3.07. The second-order valence-electron chi connectivity index (χ2n) is 2.00. The molecule has 0 rings (SSSR count). The summed E-state index contributed by atoms with van der Waals surface area (Å²) in [5.41, 5.74) is 0. The van der Waals surface area contributed by atoms with Crippen LogP contribution in [0.3, 0.4) is 0 Å². The summed E-state index contributed by atoms with van der Waals surface area (Å²) in [5, 5.41) is 10.7. The molecule has 0 fully saturated rings. The van der Waals surface area contributed by atoms with E-state index in [1.807, 2.05) is 0 Å². The molecule has 0 radical (unpaired) electrons. The van der Waals surface area contributed by atoms with Crippen molar-refractivity contribution in [2.24, 2.45) is 0 Å². The Kier molecular flexibility index (Phi) is 3.46. The molecule has 0 heterocycles. The van der Waals surface area contributed by atoms with E-state index in [1.165, 1.54) is 6.92 Å². The van der Waals surface area contributed by atoms with E-state index in [4.69, 9.17) is 5.11 Å². The van der Waals surface area contributed by atoms with Crippen molar-refractivity contribution in [3.05, 3.63) is 0 Å². The van der Waals surface area contributed by atoms with Gasteiger partial charge in [0.05, 0.1) is 0 Å². The minimum atomic E-state index is -0.988. The Hall–Kier alpha value is -1.06. The van der Waals surface area contributed by atoms with Crippen LogP contribution in [-0.4, -0.2) is 23.0 Å². The van der Waals surface area contributed by atoms with Gasteiger partial charge in [-0.15, -0.1) is 0 Å². The number of hydrogen-bond acceptors (Lipinski definition) is 2. The molecule has 0 aliphatic carbocycles. The van der Waals surface area contributed by atoms with Crippen LogP contribution in [0.4, 0.5) is 0 Å². The van der Waals surface area contributed by atoms with Gasteiger partial charge in [-0.2, -0.15) is 0 Å². The van der Waals surface area contributed by atoms with Gasteiger partial charge in [0.2, 0.25) is 5.91 Å². The van der Waals surface area contributed by atoms with Crippen LogP contribution in [0.2, 0.25) is 0 Å². The van der Waals surface area contributed by atoms with Gasteiger partial charge >= 0.3 is 5.97 Å². The van der Waals surface area contributed by atoms with E-state index < -0.39 is 12.0 Å². The van der Waals surface area contributed by atoms with E-state index in [0.29, 0.717) is 6.42 Å². The van der Waals surface area contributed by atoms with Gasteiger partial charge in [-0.1, -0.05) is 6.92 Å². The summed E-state index contributed by atoms with van der Waals surface area (Å²) in [6.45, 7) is 3.00. The fraction of sp³-hybridized carbons (Fsp3) is 0.667. The number of carbonyl (C=O) groups is 2. The third-order valence-corrected chi connectivity index (χ3v) is 1.08. The highest BCUT2D eigenvalue weighted by Crippen LogP contribution is 1.89. The zero-order valence-electron chi connectivity index (χ0n) is 6.05. The highest BCUT2D eigenvalue weighted by atomic mass is 16.4. The van der Waals surface area contributed by atoms with Gasteiger partial charge in [-0.05, 0) is 6.42 Å². The molecule has 0 saturated heterocycles. The van der Waals surface area contributed by atoms with E-state index in [-0.39, 0.29) is 5.91 Å². The number of hydrogen-bond donors (Lipinski definition) is 2. The predicted molar refractivity (Wildman–Crippen MR) is 35.5 cm³/mol. The molecule has 0 aromatic heterocycles. The third kappa shape index (κ3) is 3.06. The molecule has 1 atom stereocenters. The molecule has 0 aliphatic rings. The Morgan fingerprint density at radius 1 is 1.60 bits per heavy atom. The van der Waals surface area contributed by atoms with Crippen LogP contribution >= 0.6 is 0 Å². The number of rotatable bonds is 3. The molecular formula is C6H11NO3. The van der Waals surface area contributed by atoms with E-state index in [2.05, 4.69) is 5.32 Å². The molecule has 0 saturated carbocycles. The van der Waals surface area contributed by atoms with Gasteiger partial charge < -0.3 is 10.4 Å². The number of amides is 1. The number of carboxylic acid groups (broad SMARTS) is 1. The Balaban J connectivity index is 3.83. The maximum atomic E-state index is 10.3. The van der Waals surface area contributed by atoms with Crippen LogP contribution in [0.1, 0.15) is 20.3 Å². The lowest BCUT2D eigenvalue weighted by atomic mass is 10.2. The van der Waals surface area contributed by atoms with Crippen molar-refractivity contribution in [3.63, 3.8) is 0 Å². The first-order valence-corrected chi connectivity index (χ1v) is 3.07. The quantitative estimate of drug-likeness (QED) is 0.586. The highest BCUT2D eigenvalue weighted by molar-refractivity contribution is 5.81. The smallest absolute Gasteiger partial charge is 0.326 e. The Labute approximate surface area is 59.2 Å². The SMILES string of the molecule is CC[C@@H](NC(C)=O)C(=O)O. The normalized spacial score (nSPS) is 12.2. The van der Waals surface area contributed by atoms with Crippen LogP contribution in [-0.2, 0) is 9.59 Å². The monoisotopic (exact) mass is 145 g/mol. The molecule has 4 nitrogen and oxygen atoms in total. The zero-order valence-corrected chi connectivity index (χ0v) is 6.05. The molecule has 0 bridgehead atoms. The lowest BCUT2D eigenvalue weighted by molar-refractivity contribution is -0.141. The van der Waals surface area contributed by atoms with E-state index in [1.54, 1.807) is 6.92 Å². The van der Waals surface area contributed by atoms with Gasteiger partial charge in [0.1, 0.15) is 6.04 Å². The first-order chi connectivity index (χ1) is 4.57. The first kappa shape index (κ1) is 8.94. The average molecular weight is 145 g/mol. The fourth-order valence-electron chi connectivity index (χ4n) is 0.584. The third-order valence-electron chi connectivity index (χ3n) is 1.08. The fourth-order valence-corrected chi connectivity index (χ4v) is 0.584. The van der Waals surface area contributed by atoms with Crippen molar-refractivity contribution in [2.75, 3.05) is 0 Å². The highest BCUT2D eigenvalue weighted by Gasteiger charge is 2.14. The average Bonchev–Trinajstić information content (AvgIpc) is 1.81. The summed E-state index contributed by atoms with van der Waals surface area (Å²) in [5.74, 6) is -1.30. The molecule has 0 unspecified atom stereocenters. The summed E-state index contributed by atoms with van der Waals surface area (Å²) in [4.78, 5) is 20.6. The minimum Gasteiger partial charge on any atom is -0.480 e. The molecule has 0 spiro atoms. The molecular weight excluding hydrogens is 134 g/mol. The van der Waals surface area contributed by atoms with Gasteiger partial charge in [0.15, 0.2) is 0 Å². The molecule has 10 heavy (non-hydrogen) atoms.